The van der Waals surface area contributed by atoms with Crippen molar-refractivity contribution < 1.29 is 4.79 Å². The predicted octanol–water partition coefficient (Wildman–Crippen LogP) is 1.29. The Kier molecular flexibility index (Phi) is 5.62. The summed E-state index contributed by atoms with van der Waals surface area (Å²) < 4.78 is 0. The maximum atomic E-state index is 12.6. The van der Waals surface area contributed by atoms with E-state index in [1.54, 1.807) is 0 Å². The van der Waals surface area contributed by atoms with Crippen molar-refractivity contribution in [1.29, 1.82) is 0 Å². The third kappa shape index (κ3) is 3.57. The number of nitrogens with one attached hydrogen (secondary N) is 1. The molecular weight excluding hydrogens is 286 g/mol. The maximum Gasteiger partial charge on any atom is 0.239 e. The van der Waals surface area contributed by atoms with Crippen molar-refractivity contribution in [3.05, 3.63) is 35.4 Å². The van der Waals surface area contributed by atoms with Crippen LogP contribution in [0.1, 0.15) is 18.1 Å². The van der Waals surface area contributed by atoms with E-state index in [1.165, 1.54) is 11.1 Å². The molecule has 0 radical (unpaired) electrons. The van der Waals surface area contributed by atoms with Crippen LogP contribution in [0.25, 0.3) is 0 Å². The van der Waals surface area contributed by atoms with E-state index in [0.717, 1.165) is 45.7 Å². The fourth-order valence-corrected chi connectivity index (χ4v) is 3.15. The number of amides is 1. The summed E-state index contributed by atoms with van der Waals surface area (Å²) in [7, 11) is 0. The molecule has 1 unspecified atom stereocenters. The molecule has 0 bridgehead atoms. The molecule has 4 nitrogen and oxygen atoms in total. The third-order valence-corrected chi connectivity index (χ3v) is 4.49. The minimum absolute atomic E-state index is 0. The van der Waals surface area contributed by atoms with Crippen LogP contribution in [0.15, 0.2) is 24.3 Å². The van der Waals surface area contributed by atoms with Gasteiger partial charge in [0.05, 0.1) is 6.04 Å². The minimum Gasteiger partial charge on any atom is -0.339 e. The van der Waals surface area contributed by atoms with Crippen LogP contribution in [0.5, 0.6) is 0 Å². The molecule has 1 N–H and O–H groups in total. The van der Waals surface area contributed by atoms with Gasteiger partial charge in [-0.1, -0.05) is 24.3 Å². The van der Waals surface area contributed by atoms with E-state index in [-0.39, 0.29) is 24.4 Å². The molecule has 3 rings (SSSR count). The first-order valence-electron chi connectivity index (χ1n) is 7.56. The van der Waals surface area contributed by atoms with E-state index in [0.29, 0.717) is 0 Å². The van der Waals surface area contributed by atoms with Crippen LogP contribution in [0.2, 0.25) is 0 Å². The Morgan fingerprint density at radius 2 is 1.81 bits per heavy atom. The molecule has 1 amide bonds. The number of piperazine rings is 1. The SMILES string of the molecule is CC(C(=O)N1CCNCC1)N1CCc2ccccc2C1.Cl. The highest BCUT2D eigenvalue weighted by atomic mass is 35.5. The van der Waals surface area contributed by atoms with E-state index in [2.05, 4.69) is 41.4 Å². The lowest BCUT2D eigenvalue weighted by Crippen LogP contribution is -2.53. The minimum atomic E-state index is -0.0125. The highest BCUT2D eigenvalue weighted by Crippen LogP contribution is 2.20. The van der Waals surface area contributed by atoms with E-state index >= 15 is 0 Å². The Morgan fingerprint density at radius 3 is 2.52 bits per heavy atom. The summed E-state index contributed by atoms with van der Waals surface area (Å²) in [5.41, 5.74) is 2.81. The molecule has 1 aromatic carbocycles. The number of hydrogen-bond acceptors (Lipinski definition) is 3. The van der Waals surface area contributed by atoms with Crippen LogP contribution in [0.4, 0.5) is 0 Å². The third-order valence-electron chi connectivity index (χ3n) is 4.49. The second-order valence-corrected chi connectivity index (χ2v) is 5.74. The molecule has 1 aromatic rings. The number of carbonyl (C=O) groups excluding carboxylic acids is 1. The summed E-state index contributed by atoms with van der Waals surface area (Å²) in [6.07, 6.45) is 1.05. The van der Waals surface area contributed by atoms with Crippen molar-refractivity contribution in [2.45, 2.75) is 25.9 Å². The van der Waals surface area contributed by atoms with Crippen LogP contribution < -0.4 is 5.32 Å². The average molecular weight is 310 g/mol. The zero-order valence-electron chi connectivity index (χ0n) is 12.5. The van der Waals surface area contributed by atoms with Crippen LogP contribution >= 0.6 is 12.4 Å². The zero-order chi connectivity index (χ0) is 13.9. The van der Waals surface area contributed by atoms with Gasteiger partial charge in [0.25, 0.3) is 0 Å². The first-order chi connectivity index (χ1) is 9.75. The van der Waals surface area contributed by atoms with Crippen molar-refractivity contribution in [1.82, 2.24) is 15.1 Å². The van der Waals surface area contributed by atoms with Crippen LogP contribution in [0.3, 0.4) is 0 Å². The largest absolute Gasteiger partial charge is 0.339 e. The molecule has 5 heteroatoms. The van der Waals surface area contributed by atoms with Crippen LogP contribution in [-0.4, -0.2) is 54.5 Å². The van der Waals surface area contributed by atoms with Gasteiger partial charge in [0.15, 0.2) is 0 Å². The molecule has 2 heterocycles. The van der Waals surface area contributed by atoms with Crippen molar-refractivity contribution in [3.8, 4) is 0 Å². The summed E-state index contributed by atoms with van der Waals surface area (Å²) in [6, 6.07) is 8.56. The maximum absolute atomic E-state index is 12.6. The summed E-state index contributed by atoms with van der Waals surface area (Å²) >= 11 is 0. The summed E-state index contributed by atoms with van der Waals surface area (Å²) in [5, 5.41) is 3.29. The summed E-state index contributed by atoms with van der Waals surface area (Å²) in [6.45, 7) is 7.45. The van der Waals surface area contributed by atoms with Gasteiger partial charge in [0, 0.05) is 39.3 Å². The Bertz CT molecular complexity index is 488. The fraction of sp³-hybridized carbons (Fsp3) is 0.562. The van der Waals surface area contributed by atoms with E-state index in [1.807, 2.05) is 4.90 Å². The molecule has 2 aliphatic rings. The van der Waals surface area contributed by atoms with Crippen molar-refractivity contribution in [2.75, 3.05) is 32.7 Å². The van der Waals surface area contributed by atoms with Gasteiger partial charge < -0.3 is 10.2 Å². The van der Waals surface area contributed by atoms with E-state index < -0.39 is 0 Å². The van der Waals surface area contributed by atoms with Crippen LogP contribution in [0, 0.1) is 0 Å². The zero-order valence-corrected chi connectivity index (χ0v) is 13.4. The molecule has 1 atom stereocenters. The first kappa shape index (κ1) is 16.3. The van der Waals surface area contributed by atoms with E-state index in [9.17, 15) is 4.79 Å². The Hall–Kier alpha value is -1.10. The van der Waals surface area contributed by atoms with Gasteiger partial charge >= 0.3 is 0 Å². The van der Waals surface area contributed by atoms with Gasteiger partial charge in [-0.25, -0.2) is 0 Å². The quantitative estimate of drug-likeness (QED) is 0.894. The predicted molar refractivity (Wildman–Crippen MR) is 86.7 cm³/mol. The smallest absolute Gasteiger partial charge is 0.239 e. The van der Waals surface area contributed by atoms with Crippen molar-refractivity contribution in [3.63, 3.8) is 0 Å². The van der Waals surface area contributed by atoms with Gasteiger partial charge in [-0.3, -0.25) is 9.69 Å². The summed E-state index contributed by atoms with van der Waals surface area (Å²) in [4.78, 5) is 16.9. The van der Waals surface area contributed by atoms with Gasteiger partial charge in [-0.05, 0) is 24.5 Å². The Balaban J connectivity index is 0.00000161. The molecule has 1 fully saturated rings. The van der Waals surface area contributed by atoms with Crippen molar-refractivity contribution >= 4 is 18.3 Å². The second kappa shape index (κ2) is 7.25. The van der Waals surface area contributed by atoms with Gasteiger partial charge in [0.1, 0.15) is 0 Å². The molecule has 1 saturated heterocycles. The van der Waals surface area contributed by atoms with Gasteiger partial charge in [0.2, 0.25) is 5.91 Å². The molecule has 0 aromatic heterocycles. The van der Waals surface area contributed by atoms with E-state index in [4.69, 9.17) is 0 Å². The highest BCUT2D eigenvalue weighted by Gasteiger charge is 2.28. The average Bonchev–Trinajstić information content (AvgIpc) is 2.54. The lowest BCUT2D eigenvalue weighted by Gasteiger charge is -2.37. The molecule has 116 valence electrons. The second-order valence-electron chi connectivity index (χ2n) is 5.74. The first-order valence-corrected chi connectivity index (χ1v) is 7.56. The van der Waals surface area contributed by atoms with Crippen LogP contribution in [-0.2, 0) is 17.8 Å². The lowest BCUT2D eigenvalue weighted by molar-refractivity contribution is -0.137. The van der Waals surface area contributed by atoms with Gasteiger partial charge in [-0.2, -0.15) is 0 Å². The number of carbonyl (C=O) groups is 1. The highest BCUT2D eigenvalue weighted by molar-refractivity contribution is 5.85. The number of fused-ring (bicyclic) bond motifs is 1. The number of rotatable bonds is 2. The molecule has 0 saturated carbocycles. The molecular formula is C16H24ClN3O. The topological polar surface area (TPSA) is 35.6 Å². The lowest BCUT2D eigenvalue weighted by atomic mass is 9.98. The molecule has 0 aliphatic carbocycles. The fourth-order valence-electron chi connectivity index (χ4n) is 3.15. The monoisotopic (exact) mass is 309 g/mol. The normalized spacial score (nSPS) is 20.3. The standard InChI is InChI=1S/C16H23N3O.ClH/c1-13(16(20)18-10-7-17-8-11-18)19-9-6-14-4-2-3-5-15(14)12-19;/h2-5,13,17H,6-12H2,1H3;1H. The molecule has 2 aliphatic heterocycles. The Morgan fingerprint density at radius 1 is 1.14 bits per heavy atom. The number of hydrogen-bond donors (Lipinski definition) is 1. The number of nitrogens with zero attached hydrogens (tertiary/aromatic N) is 2. The number of benzene rings is 1. The van der Waals surface area contributed by atoms with Crippen molar-refractivity contribution in [2.24, 2.45) is 0 Å². The van der Waals surface area contributed by atoms with Gasteiger partial charge in [-0.15, -0.1) is 12.4 Å². The molecule has 0 spiro atoms. The molecule has 21 heavy (non-hydrogen) atoms. The Labute approximate surface area is 132 Å². The number of halogens is 1. The summed E-state index contributed by atoms with van der Waals surface area (Å²) in [5.74, 6) is 0.283.